The van der Waals surface area contributed by atoms with Gasteiger partial charge in [-0.05, 0) is 31.5 Å². The van der Waals surface area contributed by atoms with Gasteiger partial charge in [0, 0.05) is 31.9 Å². The largest absolute Gasteiger partial charge is 0.469 e. The predicted molar refractivity (Wildman–Crippen MR) is 84.6 cm³/mol. The number of benzene rings is 1. The minimum atomic E-state index is -1.09. The van der Waals surface area contributed by atoms with E-state index < -0.39 is 29.4 Å². The van der Waals surface area contributed by atoms with Crippen molar-refractivity contribution >= 4 is 11.9 Å². The molecule has 1 amide bonds. The minimum absolute atomic E-state index is 0.0300. The van der Waals surface area contributed by atoms with Gasteiger partial charge in [0.2, 0.25) is 0 Å². The molecule has 5 nitrogen and oxygen atoms in total. The molecule has 1 aromatic rings. The fourth-order valence-electron chi connectivity index (χ4n) is 2.20. The van der Waals surface area contributed by atoms with Crippen molar-refractivity contribution in [3.05, 3.63) is 35.4 Å². The van der Waals surface area contributed by atoms with Crippen molar-refractivity contribution in [1.29, 1.82) is 0 Å². The summed E-state index contributed by atoms with van der Waals surface area (Å²) in [4.78, 5) is 25.6. The lowest BCUT2D eigenvalue weighted by Crippen LogP contribution is -2.38. The summed E-state index contributed by atoms with van der Waals surface area (Å²) in [5.41, 5.74) is 0.0300. The van der Waals surface area contributed by atoms with Crippen LogP contribution in [0.2, 0.25) is 0 Å². The van der Waals surface area contributed by atoms with Crippen LogP contribution in [0.5, 0.6) is 0 Å². The van der Waals surface area contributed by atoms with Crippen LogP contribution in [-0.4, -0.2) is 50.2 Å². The molecule has 1 unspecified atom stereocenters. The molecule has 1 atom stereocenters. The maximum absolute atomic E-state index is 13.4. The second-order valence-electron chi connectivity index (χ2n) is 5.35. The fourth-order valence-corrected chi connectivity index (χ4v) is 2.20. The lowest BCUT2D eigenvalue weighted by atomic mass is 10.1. The van der Waals surface area contributed by atoms with Crippen LogP contribution in [-0.2, 0) is 14.3 Å². The van der Waals surface area contributed by atoms with E-state index in [1.54, 1.807) is 6.92 Å². The van der Waals surface area contributed by atoms with Crippen molar-refractivity contribution in [3.8, 4) is 0 Å². The van der Waals surface area contributed by atoms with Crippen LogP contribution in [0.3, 0.4) is 0 Å². The van der Waals surface area contributed by atoms with Crippen LogP contribution >= 0.6 is 0 Å². The van der Waals surface area contributed by atoms with Crippen molar-refractivity contribution in [1.82, 2.24) is 4.90 Å². The van der Waals surface area contributed by atoms with Gasteiger partial charge in [-0.1, -0.05) is 6.92 Å². The molecule has 0 aromatic heterocycles. The van der Waals surface area contributed by atoms with Gasteiger partial charge in [-0.3, -0.25) is 9.59 Å². The molecule has 0 bridgehead atoms. The topological polar surface area (TPSA) is 55.8 Å². The second kappa shape index (κ2) is 9.97. The molecular formula is C17H23F2NO4. The van der Waals surface area contributed by atoms with Gasteiger partial charge in [0.1, 0.15) is 0 Å². The van der Waals surface area contributed by atoms with E-state index in [1.807, 2.05) is 6.92 Å². The van der Waals surface area contributed by atoms with Crippen molar-refractivity contribution in [2.45, 2.75) is 20.3 Å². The number of amides is 1. The molecule has 1 rings (SSSR count). The van der Waals surface area contributed by atoms with Crippen LogP contribution in [0.1, 0.15) is 30.6 Å². The molecule has 1 aromatic carbocycles. The average Bonchev–Trinajstić information content (AvgIpc) is 2.58. The molecule has 0 heterocycles. The molecule has 0 N–H and O–H groups in total. The van der Waals surface area contributed by atoms with Crippen LogP contribution in [0.4, 0.5) is 8.78 Å². The SMILES string of the molecule is CCOCCCN(CC(C)C(=O)OC)C(=O)c1ccc(F)c(F)c1. The maximum atomic E-state index is 13.4. The number of hydrogen-bond donors (Lipinski definition) is 0. The number of methoxy groups -OCH3 is 1. The lowest BCUT2D eigenvalue weighted by molar-refractivity contribution is -0.145. The molecule has 0 saturated carbocycles. The first kappa shape index (κ1) is 20.0. The third-order valence-corrected chi connectivity index (χ3v) is 3.47. The molecule has 134 valence electrons. The zero-order valence-corrected chi connectivity index (χ0v) is 14.2. The predicted octanol–water partition coefficient (Wildman–Crippen LogP) is 2.64. The molecule has 0 aliphatic carbocycles. The number of halogens is 2. The summed E-state index contributed by atoms with van der Waals surface area (Å²) in [5, 5.41) is 0. The van der Waals surface area contributed by atoms with E-state index in [0.29, 0.717) is 26.2 Å². The smallest absolute Gasteiger partial charge is 0.310 e. The zero-order valence-electron chi connectivity index (χ0n) is 14.2. The van der Waals surface area contributed by atoms with E-state index in [2.05, 4.69) is 4.74 Å². The summed E-state index contributed by atoms with van der Waals surface area (Å²) in [6.45, 7) is 4.99. The Labute approximate surface area is 140 Å². The Morgan fingerprint density at radius 1 is 1.25 bits per heavy atom. The molecule has 24 heavy (non-hydrogen) atoms. The zero-order chi connectivity index (χ0) is 18.1. The van der Waals surface area contributed by atoms with Gasteiger partial charge < -0.3 is 14.4 Å². The maximum Gasteiger partial charge on any atom is 0.310 e. The van der Waals surface area contributed by atoms with E-state index >= 15 is 0 Å². The monoisotopic (exact) mass is 343 g/mol. The van der Waals surface area contributed by atoms with Crippen molar-refractivity contribution in [2.75, 3.05) is 33.4 Å². The first-order valence-corrected chi connectivity index (χ1v) is 7.80. The summed E-state index contributed by atoms with van der Waals surface area (Å²) in [6, 6.07) is 2.99. The highest BCUT2D eigenvalue weighted by atomic mass is 19.2. The van der Waals surface area contributed by atoms with Crippen molar-refractivity contribution in [2.24, 2.45) is 5.92 Å². The van der Waals surface area contributed by atoms with Gasteiger partial charge in [-0.2, -0.15) is 0 Å². The normalized spacial score (nSPS) is 11.9. The van der Waals surface area contributed by atoms with E-state index in [0.717, 1.165) is 12.1 Å². The second-order valence-corrected chi connectivity index (χ2v) is 5.35. The Morgan fingerprint density at radius 3 is 2.54 bits per heavy atom. The Morgan fingerprint density at radius 2 is 1.96 bits per heavy atom. The number of rotatable bonds is 9. The van der Waals surface area contributed by atoms with Crippen LogP contribution in [0.25, 0.3) is 0 Å². The van der Waals surface area contributed by atoms with Crippen LogP contribution in [0, 0.1) is 17.6 Å². The highest BCUT2D eigenvalue weighted by molar-refractivity contribution is 5.94. The Bertz CT molecular complexity index is 566. The van der Waals surface area contributed by atoms with Gasteiger partial charge in [0.25, 0.3) is 5.91 Å². The highest BCUT2D eigenvalue weighted by Crippen LogP contribution is 2.13. The average molecular weight is 343 g/mol. The molecular weight excluding hydrogens is 320 g/mol. The van der Waals surface area contributed by atoms with E-state index in [-0.39, 0.29) is 12.1 Å². The number of hydrogen-bond acceptors (Lipinski definition) is 4. The Hall–Kier alpha value is -2.02. The quantitative estimate of drug-likeness (QED) is 0.511. The number of ether oxygens (including phenoxy) is 2. The number of esters is 1. The number of nitrogens with zero attached hydrogens (tertiary/aromatic N) is 1. The van der Waals surface area contributed by atoms with Crippen molar-refractivity contribution < 1.29 is 27.8 Å². The summed E-state index contributed by atoms with van der Waals surface area (Å²) >= 11 is 0. The molecule has 0 saturated heterocycles. The number of carbonyl (C=O) groups excluding carboxylic acids is 2. The van der Waals surface area contributed by atoms with Crippen LogP contribution in [0.15, 0.2) is 18.2 Å². The number of carbonyl (C=O) groups is 2. The van der Waals surface area contributed by atoms with Gasteiger partial charge in [-0.15, -0.1) is 0 Å². The highest BCUT2D eigenvalue weighted by Gasteiger charge is 2.23. The minimum Gasteiger partial charge on any atom is -0.469 e. The Kier molecular flexibility index (Phi) is 8.32. The first-order chi connectivity index (χ1) is 11.4. The van der Waals surface area contributed by atoms with Gasteiger partial charge in [0.15, 0.2) is 11.6 Å². The Balaban J connectivity index is 2.86. The van der Waals surface area contributed by atoms with Gasteiger partial charge in [-0.25, -0.2) is 8.78 Å². The van der Waals surface area contributed by atoms with Gasteiger partial charge >= 0.3 is 5.97 Å². The third-order valence-electron chi connectivity index (χ3n) is 3.47. The molecule has 0 aliphatic rings. The van der Waals surface area contributed by atoms with E-state index in [1.165, 1.54) is 18.1 Å². The van der Waals surface area contributed by atoms with Crippen molar-refractivity contribution in [3.63, 3.8) is 0 Å². The van der Waals surface area contributed by atoms with Crippen LogP contribution < -0.4 is 0 Å². The van der Waals surface area contributed by atoms with Gasteiger partial charge in [0.05, 0.1) is 13.0 Å². The lowest BCUT2D eigenvalue weighted by Gasteiger charge is -2.25. The fraction of sp³-hybridized carbons (Fsp3) is 0.529. The third kappa shape index (κ3) is 5.88. The molecule has 0 spiro atoms. The summed E-state index contributed by atoms with van der Waals surface area (Å²) in [6.07, 6.45) is 0.567. The standard InChI is InChI=1S/C17H23F2NO4/c1-4-24-9-5-8-20(11-12(2)17(22)23-3)16(21)13-6-7-14(18)15(19)10-13/h6-7,10,12H,4-5,8-9,11H2,1-3H3. The molecule has 0 aliphatic heterocycles. The molecule has 7 heteroatoms. The van der Waals surface area contributed by atoms with E-state index in [4.69, 9.17) is 4.74 Å². The summed E-state index contributed by atoms with van der Waals surface area (Å²) in [5.74, 6) is -3.55. The van der Waals surface area contributed by atoms with E-state index in [9.17, 15) is 18.4 Å². The first-order valence-electron chi connectivity index (χ1n) is 7.80. The summed E-state index contributed by atoms with van der Waals surface area (Å²) < 4.78 is 36.3. The molecule has 0 fully saturated rings. The summed E-state index contributed by atoms with van der Waals surface area (Å²) in [7, 11) is 1.27. The molecule has 0 radical (unpaired) electrons.